The number of hydrogen-bond donors (Lipinski definition) is 2. The van der Waals surface area contributed by atoms with Crippen molar-refractivity contribution in [1.82, 2.24) is 5.32 Å². The molecule has 0 aliphatic heterocycles. The summed E-state index contributed by atoms with van der Waals surface area (Å²) >= 11 is 0. The summed E-state index contributed by atoms with van der Waals surface area (Å²) in [6, 6.07) is 0.663. The molecular weight excluding hydrogens is 370 g/mol. The van der Waals surface area contributed by atoms with Gasteiger partial charge in [-0.05, 0) is 39.0 Å². The molecule has 0 atom stereocenters. The summed E-state index contributed by atoms with van der Waals surface area (Å²) in [5, 5.41) is 3.91. The second kappa shape index (κ2) is 7.42. The number of amides is 2. The summed E-state index contributed by atoms with van der Waals surface area (Å²) in [5.74, 6) is -1.02. The molecule has 0 unspecified atom stereocenters. The monoisotopic (exact) mass is 386 g/mol. The average molecular weight is 386 g/mol. The van der Waals surface area contributed by atoms with E-state index in [2.05, 4.69) is 0 Å². The molecule has 11 heteroatoms. The van der Waals surface area contributed by atoms with Gasteiger partial charge in [-0.25, -0.2) is 4.79 Å². The maximum absolute atomic E-state index is 12.7. The Hall–Kier alpha value is -2.46. The van der Waals surface area contributed by atoms with E-state index in [0.29, 0.717) is 12.1 Å². The zero-order valence-electron chi connectivity index (χ0n) is 13.9. The SMILES string of the molecule is CC(C)(C)OC(=O)NCC(=O)Nc1cc(C(F)(F)F)cc(C(F)(F)F)c1. The molecule has 0 heterocycles. The maximum Gasteiger partial charge on any atom is 0.416 e. The van der Waals surface area contributed by atoms with Crippen LogP contribution in [-0.4, -0.2) is 24.1 Å². The molecule has 2 amide bonds. The van der Waals surface area contributed by atoms with E-state index in [9.17, 15) is 35.9 Å². The van der Waals surface area contributed by atoms with Gasteiger partial charge < -0.3 is 15.4 Å². The summed E-state index contributed by atoms with van der Waals surface area (Å²) < 4.78 is 81.2. The number of rotatable bonds is 3. The summed E-state index contributed by atoms with van der Waals surface area (Å²) in [6.07, 6.45) is -11.0. The molecular formula is C15H16F6N2O3. The molecule has 0 aliphatic rings. The molecule has 0 radical (unpaired) electrons. The predicted molar refractivity (Wildman–Crippen MR) is 79.3 cm³/mol. The molecule has 1 rings (SSSR count). The van der Waals surface area contributed by atoms with Crippen molar-refractivity contribution in [1.29, 1.82) is 0 Å². The zero-order valence-corrected chi connectivity index (χ0v) is 13.9. The Kier molecular flexibility index (Phi) is 6.16. The van der Waals surface area contributed by atoms with E-state index >= 15 is 0 Å². The molecule has 5 nitrogen and oxygen atoms in total. The standard InChI is InChI=1S/C15H16F6N2O3/c1-13(2,3)26-12(25)22-7-11(24)23-10-5-8(14(16,17)18)4-9(6-10)15(19,20)21/h4-6H,7H2,1-3H3,(H,22,25)(H,23,24). The number of nitrogens with one attached hydrogen (secondary N) is 2. The quantitative estimate of drug-likeness (QED) is 0.766. The second-order valence-corrected chi connectivity index (χ2v) is 6.20. The Labute approximate surface area is 144 Å². The van der Waals surface area contributed by atoms with Gasteiger partial charge in [-0.1, -0.05) is 0 Å². The highest BCUT2D eigenvalue weighted by Crippen LogP contribution is 2.37. The predicted octanol–water partition coefficient (Wildman–Crippen LogP) is 4.19. The normalized spacial score (nSPS) is 12.5. The van der Waals surface area contributed by atoms with Gasteiger partial charge in [0, 0.05) is 5.69 Å². The average Bonchev–Trinajstić information content (AvgIpc) is 2.41. The molecule has 0 spiro atoms. The number of ether oxygens (including phenoxy) is 1. The van der Waals surface area contributed by atoms with Gasteiger partial charge >= 0.3 is 18.4 Å². The molecule has 146 valence electrons. The van der Waals surface area contributed by atoms with Crippen molar-refractivity contribution in [3.8, 4) is 0 Å². The van der Waals surface area contributed by atoms with Crippen molar-refractivity contribution in [3.63, 3.8) is 0 Å². The van der Waals surface area contributed by atoms with E-state index in [4.69, 9.17) is 4.74 Å². The van der Waals surface area contributed by atoms with Gasteiger partial charge in [-0.3, -0.25) is 4.79 Å². The molecule has 0 fully saturated rings. The number of hydrogen-bond acceptors (Lipinski definition) is 3. The van der Waals surface area contributed by atoms with Gasteiger partial charge in [0.1, 0.15) is 12.1 Å². The van der Waals surface area contributed by atoms with Gasteiger partial charge in [-0.15, -0.1) is 0 Å². The van der Waals surface area contributed by atoms with Crippen molar-refractivity contribution < 1.29 is 40.7 Å². The summed E-state index contributed by atoms with van der Waals surface area (Å²) in [4.78, 5) is 23.0. The maximum atomic E-state index is 12.7. The highest BCUT2D eigenvalue weighted by Gasteiger charge is 2.37. The van der Waals surface area contributed by atoms with Gasteiger partial charge in [0.05, 0.1) is 11.1 Å². The van der Waals surface area contributed by atoms with Crippen LogP contribution in [0.15, 0.2) is 18.2 Å². The molecule has 0 saturated heterocycles. The second-order valence-electron chi connectivity index (χ2n) is 6.20. The highest BCUT2D eigenvalue weighted by molar-refractivity contribution is 5.94. The Morgan fingerprint density at radius 2 is 1.38 bits per heavy atom. The van der Waals surface area contributed by atoms with Crippen LogP contribution in [0.2, 0.25) is 0 Å². The van der Waals surface area contributed by atoms with Crippen LogP contribution in [0.4, 0.5) is 36.8 Å². The number of alkyl halides is 6. The lowest BCUT2D eigenvalue weighted by Gasteiger charge is -2.19. The molecule has 1 aromatic carbocycles. The number of anilines is 1. The van der Waals surface area contributed by atoms with E-state index in [1.165, 1.54) is 0 Å². The van der Waals surface area contributed by atoms with Crippen LogP contribution in [0.25, 0.3) is 0 Å². The Bertz CT molecular complexity index is 645. The third-order valence-electron chi connectivity index (χ3n) is 2.66. The summed E-state index contributed by atoms with van der Waals surface area (Å²) in [6.45, 7) is 3.99. The van der Waals surface area contributed by atoms with E-state index in [1.54, 1.807) is 20.8 Å². The number of carbonyl (C=O) groups is 2. The van der Waals surface area contributed by atoms with Crippen molar-refractivity contribution in [3.05, 3.63) is 29.3 Å². The Morgan fingerprint density at radius 1 is 0.923 bits per heavy atom. The van der Waals surface area contributed by atoms with E-state index in [0.717, 1.165) is 0 Å². The fourth-order valence-corrected chi connectivity index (χ4v) is 1.70. The highest BCUT2D eigenvalue weighted by atomic mass is 19.4. The first-order chi connectivity index (χ1) is 11.6. The van der Waals surface area contributed by atoms with Crippen molar-refractivity contribution >= 4 is 17.7 Å². The minimum Gasteiger partial charge on any atom is -0.444 e. The molecule has 1 aromatic rings. The van der Waals surface area contributed by atoms with E-state index in [1.807, 2.05) is 10.6 Å². The lowest BCUT2D eigenvalue weighted by Crippen LogP contribution is -2.37. The third-order valence-corrected chi connectivity index (χ3v) is 2.66. The lowest BCUT2D eigenvalue weighted by molar-refractivity contribution is -0.143. The summed E-state index contributed by atoms with van der Waals surface area (Å²) in [7, 11) is 0. The molecule has 0 aliphatic carbocycles. The molecule has 0 saturated carbocycles. The molecule has 26 heavy (non-hydrogen) atoms. The summed E-state index contributed by atoms with van der Waals surface area (Å²) in [5.41, 5.74) is -4.68. The molecule has 0 aromatic heterocycles. The van der Waals surface area contributed by atoms with Crippen molar-refractivity contribution in [2.75, 3.05) is 11.9 Å². The van der Waals surface area contributed by atoms with Gasteiger partial charge in [0.2, 0.25) is 5.91 Å². The van der Waals surface area contributed by atoms with E-state index in [-0.39, 0.29) is 6.07 Å². The first kappa shape index (κ1) is 21.6. The number of benzene rings is 1. The zero-order chi connectivity index (χ0) is 20.3. The Balaban J connectivity index is 2.88. The Morgan fingerprint density at radius 3 is 1.77 bits per heavy atom. The third kappa shape index (κ3) is 7.19. The van der Waals surface area contributed by atoms with E-state index < -0.39 is 53.3 Å². The first-order valence-corrected chi connectivity index (χ1v) is 7.14. The van der Waals surface area contributed by atoms with Gasteiger partial charge in [0.15, 0.2) is 0 Å². The minimum absolute atomic E-state index is 0.0609. The fraction of sp³-hybridized carbons (Fsp3) is 0.467. The van der Waals surface area contributed by atoms with Crippen LogP contribution < -0.4 is 10.6 Å². The number of alkyl carbamates (subject to hydrolysis) is 1. The van der Waals surface area contributed by atoms with Crippen molar-refractivity contribution in [2.24, 2.45) is 0 Å². The minimum atomic E-state index is -5.03. The van der Waals surface area contributed by atoms with Gasteiger partial charge in [-0.2, -0.15) is 26.3 Å². The van der Waals surface area contributed by atoms with Crippen LogP contribution in [-0.2, 0) is 21.9 Å². The lowest BCUT2D eigenvalue weighted by atomic mass is 10.1. The van der Waals surface area contributed by atoms with Crippen LogP contribution in [0.1, 0.15) is 31.9 Å². The molecule has 2 N–H and O–H groups in total. The first-order valence-electron chi connectivity index (χ1n) is 7.14. The van der Waals surface area contributed by atoms with Crippen molar-refractivity contribution in [2.45, 2.75) is 38.7 Å². The molecule has 0 bridgehead atoms. The van der Waals surface area contributed by atoms with Crippen LogP contribution in [0.3, 0.4) is 0 Å². The van der Waals surface area contributed by atoms with Crippen LogP contribution in [0.5, 0.6) is 0 Å². The number of carbonyl (C=O) groups excluding carboxylic acids is 2. The topological polar surface area (TPSA) is 67.4 Å². The fourth-order valence-electron chi connectivity index (χ4n) is 1.70. The van der Waals surface area contributed by atoms with Gasteiger partial charge in [0.25, 0.3) is 0 Å². The largest absolute Gasteiger partial charge is 0.444 e. The smallest absolute Gasteiger partial charge is 0.416 e. The number of halogens is 6. The van der Waals surface area contributed by atoms with Crippen LogP contribution >= 0.6 is 0 Å². The van der Waals surface area contributed by atoms with Crippen LogP contribution in [0, 0.1) is 0 Å².